The largest absolute Gasteiger partial charge is 0.481 e. The minimum Gasteiger partial charge on any atom is -0.481 e. The van der Waals surface area contributed by atoms with Crippen LogP contribution in [0.4, 0.5) is 5.69 Å². The number of anilines is 1. The Hall–Kier alpha value is -3.18. The monoisotopic (exact) mass is 453 g/mol. The highest BCUT2D eigenvalue weighted by molar-refractivity contribution is 6.33. The number of amides is 3. The molecular weight excluding hydrogens is 430 g/mol. The average molecular weight is 454 g/mol. The Morgan fingerprint density at radius 1 is 1.35 bits per heavy atom. The van der Waals surface area contributed by atoms with Crippen LogP contribution in [0.3, 0.4) is 0 Å². The number of halogens is 1. The van der Waals surface area contributed by atoms with Crippen LogP contribution in [0.1, 0.15) is 23.7 Å². The number of aliphatic carboxylic acids is 1. The smallest absolute Gasteiger partial charge is 0.305 e. The lowest BCUT2D eigenvalue weighted by Crippen LogP contribution is -2.63. The van der Waals surface area contributed by atoms with Crippen molar-refractivity contribution in [2.75, 3.05) is 25.4 Å². The molecule has 12 heteroatoms. The van der Waals surface area contributed by atoms with Gasteiger partial charge in [0.05, 0.1) is 23.2 Å². The van der Waals surface area contributed by atoms with Gasteiger partial charge in [0.15, 0.2) is 0 Å². The fraction of sp³-hybridized carbons (Fsp3) is 0.421. The summed E-state index contributed by atoms with van der Waals surface area (Å²) in [7, 11) is 0. The summed E-state index contributed by atoms with van der Waals surface area (Å²) in [6, 6.07) is 1.18. The number of nitrogens with one attached hydrogen (secondary N) is 3. The number of piperazine rings is 1. The molecule has 168 valence electrons. The molecule has 1 aromatic carbocycles. The van der Waals surface area contributed by atoms with Crippen LogP contribution in [-0.4, -0.2) is 77.7 Å². The van der Waals surface area contributed by atoms with Gasteiger partial charge in [0, 0.05) is 25.2 Å². The number of hydrogen-bond acceptors (Lipinski definition) is 7. The Kier molecular flexibility index (Phi) is 8.34. The molecule has 0 saturated carbocycles. The second-order valence-corrected chi connectivity index (χ2v) is 7.44. The Morgan fingerprint density at radius 3 is 2.68 bits per heavy atom. The number of carbonyl (C=O) groups is 5. The minimum atomic E-state index is -1.24. The molecule has 31 heavy (non-hydrogen) atoms. The van der Waals surface area contributed by atoms with E-state index < -0.39 is 48.2 Å². The van der Waals surface area contributed by atoms with Gasteiger partial charge in [-0.25, -0.2) is 0 Å². The first-order chi connectivity index (χ1) is 14.6. The molecule has 1 saturated heterocycles. The van der Waals surface area contributed by atoms with Crippen LogP contribution in [-0.2, 0) is 19.2 Å². The summed E-state index contributed by atoms with van der Waals surface area (Å²) in [4.78, 5) is 61.1. The summed E-state index contributed by atoms with van der Waals surface area (Å²) in [5, 5.41) is 16.9. The molecule has 1 fully saturated rings. The number of nitrogen functional groups attached to an aromatic ring is 1. The van der Waals surface area contributed by atoms with Crippen LogP contribution in [0.5, 0.6) is 0 Å². The van der Waals surface area contributed by atoms with Crippen LogP contribution < -0.4 is 21.7 Å². The molecule has 1 aliphatic rings. The number of benzene rings is 1. The van der Waals surface area contributed by atoms with Crippen LogP contribution in [0, 0.1) is 0 Å². The van der Waals surface area contributed by atoms with Crippen molar-refractivity contribution in [2.24, 2.45) is 0 Å². The van der Waals surface area contributed by atoms with Gasteiger partial charge in [-0.15, -0.1) is 0 Å². The normalized spacial score (nSPS) is 17.9. The van der Waals surface area contributed by atoms with E-state index in [2.05, 4.69) is 16.0 Å². The Labute approximate surface area is 183 Å². The number of nitrogens with zero attached hydrogens (tertiary/aromatic N) is 1. The lowest BCUT2D eigenvalue weighted by molar-refractivity contribution is -0.144. The summed E-state index contributed by atoms with van der Waals surface area (Å²) in [5.74, 6) is -2.95. The molecule has 1 aliphatic heterocycles. The predicted molar refractivity (Wildman–Crippen MR) is 111 cm³/mol. The van der Waals surface area contributed by atoms with E-state index in [0.717, 1.165) is 0 Å². The van der Waals surface area contributed by atoms with E-state index in [9.17, 15) is 24.0 Å². The number of carbonyl (C=O) groups excluding carboxylic acids is 4. The molecule has 0 unspecified atom stereocenters. The van der Waals surface area contributed by atoms with Crippen molar-refractivity contribution < 1.29 is 29.1 Å². The van der Waals surface area contributed by atoms with Gasteiger partial charge in [-0.3, -0.25) is 19.2 Å². The first kappa shape index (κ1) is 24.1. The van der Waals surface area contributed by atoms with E-state index in [1.54, 1.807) is 0 Å². The van der Waals surface area contributed by atoms with Crippen molar-refractivity contribution in [3.63, 3.8) is 0 Å². The molecule has 11 nitrogen and oxygen atoms in total. The van der Waals surface area contributed by atoms with Gasteiger partial charge in [-0.2, -0.15) is 0 Å². The van der Waals surface area contributed by atoms with Gasteiger partial charge in [-0.05, 0) is 25.1 Å². The average Bonchev–Trinajstić information content (AvgIpc) is 2.74. The van der Waals surface area contributed by atoms with Crippen molar-refractivity contribution in [1.29, 1.82) is 0 Å². The quantitative estimate of drug-likeness (QED) is 0.246. The van der Waals surface area contributed by atoms with Gasteiger partial charge in [-0.1, -0.05) is 11.6 Å². The molecule has 6 N–H and O–H groups in total. The molecular formula is C19H24ClN5O6. The van der Waals surface area contributed by atoms with Crippen LogP contribution in [0.15, 0.2) is 18.2 Å². The molecule has 0 aliphatic carbocycles. The number of aldehydes is 1. The first-order valence-electron chi connectivity index (χ1n) is 9.48. The number of hydrogen-bond donors (Lipinski definition) is 5. The summed E-state index contributed by atoms with van der Waals surface area (Å²) >= 11 is 5.92. The maximum Gasteiger partial charge on any atom is 0.305 e. The highest BCUT2D eigenvalue weighted by atomic mass is 35.5. The van der Waals surface area contributed by atoms with E-state index in [-0.39, 0.29) is 23.7 Å². The van der Waals surface area contributed by atoms with Gasteiger partial charge >= 0.3 is 5.97 Å². The fourth-order valence-corrected chi connectivity index (χ4v) is 3.24. The van der Waals surface area contributed by atoms with E-state index in [1.807, 2.05) is 0 Å². The lowest BCUT2D eigenvalue weighted by Gasteiger charge is -2.37. The summed E-state index contributed by atoms with van der Waals surface area (Å²) in [5.41, 5.74) is 6.16. The van der Waals surface area contributed by atoms with Crippen molar-refractivity contribution in [1.82, 2.24) is 20.9 Å². The van der Waals surface area contributed by atoms with Crippen LogP contribution >= 0.6 is 11.6 Å². The van der Waals surface area contributed by atoms with Crippen molar-refractivity contribution in [3.05, 3.63) is 28.8 Å². The lowest BCUT2D eigenvalue weighted by atomic mass is 10.1. The SMILES string of the molecule is C[C@H](NC(=O)c1ccc(N)c(Cl)c1)C(=O)N1CCNC[C@H]1C(=O)N[C@H](C=O)CC(=O)O. The second kappa shape index (κ2) is 10.7. The molecule has 0 spiro atoms. The summed E-state index contributed by atoms with van der Waals surface area (Å²) in [6.45, 7) is 2.21. The topological polar surface area (TPSA) is 171 Å². The Bertz CT molecular complexity index is 879. The van der Waals surface area contributed by atoms with Gasteiger partial charge in [0.2, 0.25) is 11.8 Å². The van der Waals surface area contributed by atoms with E-state index in [1.165, 1.54) is 30.0 Å². The zero-order valence-electron chi connectivity index (χ0n) is 16.8. The Balaban J connectivity index is 2.06. The minimum absolute atomic E-state index is 0.116. The maximum atomic E-state index is 12.9. The summed E-state index contributed by atoms with van der Waals surface area (Å²) in [6.07, 6.45) is -0.241. The first-order valence-corrected chi connectivity index (χ1v) is 9.86. The third kappa shape index (κ3) is 6.40. The molecule has 0 aromatic heterocycles. The predicted octanol–water partition coefficient (Wildman–Crippen LogP) is -1.00. The van der Waals surface area contributed by atoms with Crippen LogP contribution in [0.25, 0.3) is 0 Å². The molecule has 0 radical (unpaired) electrons. The molecule has 3 amide bonds. The Morgan fingerprint density at radius 2 is 2.06 bits per heavy atom. The molecule has 1 aromatic rings. The van der Waals surface area contributed by atoms with Crippen molar-refractivity contribution in [2.45, 2.75) is 31.5 Å². The number of nitrogens with two attached hydrogens (primary N) is 1. The number of carboxylic acid groups (broad SMARTS) is 1. The summed E-state index contributed by atoms with van der Waals surface area (Å²) < 4.78 is 0. The van der Waals surface area contributed by atoms with Gasteiger partial charge in [0.25, 0.3) is 5.91 Å². The molecule has 3 atom stereocenters. The highest BCUT2D eigenvalue weighted by Crippen LogP contribution is 2.19. The van der Waals surface area contributed by atoms with Gasteiger partial charge in [0.1, 0.15) is 18.4 Å². The number of carboxylic acids is 1. The third-order valence-corrected chi connectivity index (χ3v) is 5.02. The van der Waals surface area contributed by atoms with Crippen LogP contribution in [0.2, 0.25) is 5.02 Å². The molecule has 2 rings (SSSR count). The highest BCUT2D eigenvalue weighted by Gasteiger charge is 2.35. The van der Waals surface area contributed by atoms with E-state index >= 15 is 0 Å². The maximum absolute atomic E-state index is 12.9. The van der Waals surface area contributed by atoms with E-state index in [4.69, 9.17) is 22.4 Å². The fourth-order valence-electron chi connectivity index (χ4n) is 3.06. The second-order valence-electron chi connectivity index (χ2n) is 7.03. The zero-order chi connectivity index (χ0) is 23.1. The van der Waals surface area contributed by atoms with E-state index in [0.29, 0.717) is 18.5 Å². The molecule has 0 bridgehead atoms. The number of rotatable bonds is 8. The zero-order valence-corrected chi connectivity index (χ0v) is 17.5. The standard InChI is InChI=1S/C19H24ClN5O6/c1-10(23-17(29)11-2-3-14(21)13(20)6-11)19(31)25-5-4-22-8-15(25)18(30)24-12(9-26)7-16(27)28/h2-3,6,9-10,12,15,22H,4-5,7-8,21H2,1H3,(H,23,29)(H,24,30)(H,27,28)/t10-,12-,15-/m0/s1. The third-order valence-electron chi connectivity index (χ3n) is 4.70. The van der Waals surface area contributed by atoms with Crippen molar-refractivity contribution >= 4 is 47.3 Å². The molecule has 1 heterocycles. The van der Waals surface area contributed by atoms with Gasteiger partial charge < -0.3 is 36.5 Å². The van der Waals surface area contributed by atoms with Crippen molar-refractivity contribution in [3.8, 4) is 0 Å².